The minimum Gasteiger partial charge on any atom is -1.00 e. The van der Waals surface area contributed by atoms with E-state index in [0.717, 1.165) is 12.8 Å². The van der Waals surface area contributed by atoms with Crippen LogP contribution in [0.1, 0.15) is 25.0 Å². The molecule has 0 saturated heterocycles. The Morgan fingerprint density at radius 3 is 2.33 bits per heavy atom. The Morgan fingerprint density at radius 1 is 1.17 bits per heavy atom. The first-order valence-electron chi connectivity index (χ1n) is 4.21. The van der Waals surface area contributed by atoms with Crippen LogP contribution in [-0.4, -0.2) is 21.7 Å². The zero-order chi connectivity index (χ0) is 8.27. The molecule has 62 valence electrons. The Labute approximate surface area is 98.0 Å². The van der Waals surface area contributed by atoms with Crippen LogP contribution in [0.25, 0.3) is 0 Å². The number of benzene rings is 1. The largest absolute Gasteiger partial charge is 1.00 e. The van der Waals surface area contributed by atoms with Crippen LogP contribution in [0.2, 0.25) is 0 Å². The molecule has 0 saturated carbocycles. The summed E-state index contributed by atoms with van der Waals surface area (Å²) in [5.74, 6) is 0. The van der Waals surface area contributed by atoms with Gasteiger partial charge in [0.05, 0.1) is 0 Å². The van der Waals surface area contributed by atoms with E-state index >= 15 is 0 Å². The molecule has 0 fully saturated rings. The van der Waals surface area contributed by atoms with E-state index in [1.807, 2.05) is 21.7 Å². The van der Waals surface area contributed by atoms with Crippen LogP contribution in [0, 0.1) is 0 Å². The third-order valence-corrected chi connectivity index (χ3v) is 2.75. The molecule has 0 aromatic heterocycles. The van der Waals surface area contributed by atoms with Crippen molar-refractivity contribution >= 4 is 25.4 Å². The van der Waals surface area contributed by atoms with E-state index in [4.69, 9.17) is 0 Å². The molecule has 0 amide bonds. The zero-order valence-electron chi connectivity index (χ0n) is 7.73. The van der Waals surface area contributed by atoms with Gasteiger partial charge in [0.1, 0.15) is 0 Å². The van der Waals surface area contributed by atoms with Crippen LogP contribution in [0.3, 0.4) is 0 Å². The molecule has 0 spiro atoms. The summed E-state index contributed by atoms with van der Waals surface area (Å²) in [4.78, 5) is 0. The fourth-order valence-corrected chi connectivity index (χ4v) is 1.70. The van der Waals surface area contributed by atoms with Crippen molar-refractivity contribution in [1.82, 2.24) is 0 Å². The van der Waals surface area contributed by atoms with E-state index in [1.165, 1.54) is 14.8 Å². The van der Waals surface area contributed by atoms with Crippen LogP contribution in [0.15, 0.2) is 18.2 Å². The zero-order valence-corrected chi connectivity index (χ0v) is 10.7. The topological polar surface area (TPSA) is 0 Å². The molecule has 0 aliphatic rings. The molecule has 1 rings (SSSR count). The Kier molecular flexibility index (Phi) is 6.24. The summed E-state index contributed by atoms with van der Waals surface area (Å²) in [6.45, 7) is 4.42. The molecule has 0 bridgehead atoms. The molecule has 1 aromatic rings. The average Bonchev–Trinajstić information content (AvgIpc) is 2.05. The summed E-state index contributed by atoms with van der Waals surface area (Å²) >= 11 is 1.98. The van der Waals surface area contributed by atoms with Crippen molar-refractivity contribution in [3.05, 3.63) is 29.3 Å². The van der Waals surface area contributed by atoms with Crippen LogP contribution in [0.5, 0.6) is 0 Å². The van der Waals surface area contributed by atoms with Gasteiger partial charge in [-0.2, -0.15) is 0 Å². The molecule has 0 aliphatic carbocycles. The molecule has 0 N–H and O–H groups in total. The molecule has 0 atom stereocenters. The van der Waals surface area contributed by atoms with Crippen LogP contribution >= 0.6 is 0 Å². The monoisotopic (exact) mass is 236 g/mol. The average molecular weight is 237 g/mol. The number of halogens is 1. The van der Waals surface area contributed by atoms with Gasteiger partial charge in [0, 0.05) is 0 Å². The van der Waals surface area contributed by atoms with E-state index in [2.05, 4.69) is 32.0 Å². The maximum Gasteiger partial charge on any atom is -1.00 e. The van der Waals surface area contributed by atoms with Crippen molar-refractivity contribution in [2.24, 2.45) is 0 Å². The van der Waals surface area contributed by atoms with Gasteiger partial charge in [-0.25, -0.2) is 0 Å². The summed E-state index contributed by atoms with van der Waals surface area (Å²) in [5, 5.41) is 0. The molecule has 0 aliphatic heterocycles. The van der Waals surface area contributed by atoms with Crippen LogP contribution in [-0.2, 0) is 12.8 Å². The second-order valence-corrected chi connectivity index (χ2v) is 3.57. The third-order valence-electron chi connectivity index (χ3n) is 2.06. The van der Waals surface area contributed by atoms with Crippen molar-refractivity contribution in [3.8, 4) is 0 Å². The second kappa shape index (κ2) is 6.00. The Balaban J connectivity index is 0.00000121. The van der Waals surface area contributed by atoms with E-state index in [0.29, 0.717) is 0 Å². The molecule has 0 unspecified atom stereocenters. The van der Waals surface area contributed by atoms with Crippen molar-refractivity contribution in [1.29, 1.82) is 0 Å². The Morgan fingerprint density at radius 2 is 1.83 bits per heavy atom. The molecule has 1 aromatic carbocycles. The smallest absolute Gasteiger partial charge is 1.00 e. The fraction of sp³-hybridized carbons (Fsp3) is 0.400. The van der Waals surface area contributed by atoms with Gasteiger partial charge in [-0.05, 0) is 0 Å². The first-order chi connectivity index (χ1) is 5.27. The van der Waals surface area contributed by atoms with Gasteiger partial charge in [0.25, 0.3) is 0 Å². The molecule has 12 heavy (non-hydrogen) atoms. The van der Waals surface area contributed by atoms with Gasteiger partial charge >= 0.3 is 81.4 Å². The number of hydrogen-bond donors (Lipinski definition) is 0. The van der Waals surface area contributed by atoms with E-state index in [9.17, 15) is 0 Å². The van der Waals surface area contributed by atoms with Gasteiger partial charge in [0.15, 0.2) is 0 Å². The molecule has 0 nitrogen and oxygen atoms in total. The number of aryl methyl sites for hydroxylation is 2. The second-order valence-electron chi connectivity index (χ2n) is 2.81. The minimum absolute atomic E-state index is 0. The molecular weight excluding hydrogens is 224 g/mol. The fourth-order valence-electron chi connectivity index (χ4n) is 1.23. The van der Waals surface area contributed by atoms with Crippen LogP contribution < -0.4 is 20.7 Å². The Bertz CT molecular complexity index is 246. The SMILES string of the molecule is CCc1cc[c]([Mg+])c(CC)c1.[Br-]. The van der Waals surface area contributed by atoms with Crippen molar-refractivity contribution in [2.75, 3.05) is 0 Å². The first-order valence-corrected chi connectivity index (χ1v) is 4.92. The number of hydrogen-bond acceptors (Lipinski definition) is 0. The normalized spacial score (nSPS) is 9.33. The maximum atomic E-state index is 2.32. The van der Waals surface area contributed by atoms with Crippen molar-refractivity contribution in [2.45, 2.75) is 26.7 Å². The van der Waals surface area contributed by atoms with Crippen LogP contribution in [0.4, 0.5) is 0 Å². The molecule has 0 heterocycles. The Hall–Kier alpha value is 0.466. The predicted molar refractivity (Wildman–Crippen MR) is 50.6 cm³/mol. The van der Waals surface area contributed by atoms with E-state index in [-0.39, 0.29) is 17.0 Å². The summed E-state index contributed by atoms with van der Waals surface area (Å²) in [6.07, 6.45) is 2.31. The van der Waals surface area contributed by atoms with Gasteiger partial charge in [0.2, 0.25) is 0 Å². The van der Waals surface area contributed by atoms with Gasteiger partial charge in [-0.15, -0.1) is 0 Å². The minimum atomic E-state index is 0. The molecule has 2 heteroatoms. The maximum absolute atomic E-state index is 2.32. The third kappa shape index (κ3) is 3.07. The number of rotatable bonds is 2. The van der Waals surface area contributed by atoms with Gasteiger partial charge < -0.3 is 17.0 Å². The van der Waals surface area contributed by atoms with Crippen molar-refractivity contribution in [3.63, 3.8) is 0 Å². The summed E-state index contributed by atoms with van der Waals surface area (Å²) in [5.41, 5.74) is 2.96. The van der Waals surface area contributed by atoms with Gasteiger partial charge in [-0.1, -0.05) is 0 Å². The standard InChI is InChI=1S/C10H13.BrH.Mg/c1-3-9-6-5-7-10(4-2)8-9;;/h5-6,8H,3-4H2,1-2H3;1H;/q;;+1/p-1. The summed E-state index contributed by atoms with van der Waals surface area (Å²) in [6, 6.07) is 6.78. The first kappa shape index (κ1) is 12.5. The van der Waals surface area contributed by atoms with Crippen molar-refractivity contribution < 1.29 is 17.0 Å². The summed E-state index contributed by atoms with van der Waals surface area (Å²) in [7, 11) is 0. The molecular formula is C10H13BrMg. The van der Waals surface area contributed by atoms with E-state index < -0.39 is 0 Å². The predicted octanol–water partition coefficient (Wildman–Crippen LogP) is -1.39. The van der Waals surface area contributed by atoms with Gasteiger partial charge in [-0.3, -0.25) is 0 Å². The quantitative estimate of drug-likeness (QED) is 0.556. The molecule has 0 radical (unpaired) electrons. The van der Waals surface area contributed by atoms with E-state index in [1.54, 1.807) is 0 Å². The summed E-state index contributed by atoms with van der Waals surface area (Å²) < 4.78 is 1.45.